The van der Waals surface area contributed by atoms with Crippen LogP contribution in [0.4, 0.5) is 4.79 Å². The molecule has 2 heterocycles. The number of carboxylic acids is 1. The minimum atomic E-state index is -0.925. The van der Waals surface area contributed by atoms with Crippen LogP contribution in [-0.4, -0.2) is 34.6 Å². The quantitative estimate of drug-likeness (QED) is 0.881. The highest BCUT2D eigenvalue weighted by Gasteiger charge is 2.34. The van der Waals surface area contributed by atoms with Gasteiger partial charge in [0.05, 0.1) is 6.04 Å². The molecular formula is C12H16N2O3S. The van der Waals surface area contributed by atoms with Crippen molar-refractivity contribution in [2.45, 2.75) is 31.8 Å². The zero-order chi connectivity index (χ0) is 13.1. The lowest BCUT2D eigenvalue weighted by molar-refractivity contribution is -0.141. The maximum atomic E-state index is 12.0. The third-order valence-corrected chi connectivity index (χ3v) is 4.16. The van der Waals surface area contributed by atoms with Crippen LogP contribution in [0.5, 0.6) is 0 Å². The molecule has 1 aromatic heterocycles. The van der Waals surface area contributed by atoms with Gasteiger partial charge in [0, 0.05) is 11.4 Å². The molecule has 98 valence electrons. The second-order valence-corrected chi connectivity index (χ2v) is 5.36. The summed E-state index contributed by atoms with van der Waals surface area (Å²) in [7, 11) is 0. The number of hydrogen-bond acceptors (Lipinski definition) is 3. The number of amides is 2. The van der Waals surface area contributed by atoms with E-state index in [1.165, 1.54) is 4.90 Å². The van der Waals surface area contributed by atoms with E-state index in [9.17, 15) is 9.59 Å². The summed E-state index contributed by atoms with van der Waals surface area (Å²) in [5.41, 5.74) is 0. The Bertz CT molecular complexity index is 433. The SMILES string of the molecule is CC(NC(=O)N1CCC[C@H]1C(=O)O)c1cccs1. The zero-order valence-electron chi connectivity index (χ0n) is 10.1. The molecule has 0 saturated carbocycles. The van der Waals surface area contributed by atoms with Gasteiger partial charge in [-0.15, -0.1) is 11.3 Å². The molecule has 2 atom stereocenters. The fraction of sp³-hybridized carbons (Fsp3) is 0.500. The van der Waals surface area contributed by atoms with Gasteiger partial charge in [-0.1, -0.05) is 6.07 Å². The van der Waals surface area contributed by atoms with Crippen molar-refractivity contribution in [3.8, 4) is 0 Å². The Hall–Kier alpha value is -1.56. The maximum absolute atomic E-state index is 12.0. The zero-order valence-corrected chi connectivity index (χ0v) is 10.9. The summed E-state index contributed by atoms with van der Waals surface area (Å²) < 4.78 is 0. The normalized spacial score (nSPS) is 20.7. The predicted molar refractivity (Wildman–Crippen MR) is 68.6 cm³/mol. The van der Waals surface area contributed by atoms with Crippen molar-refractivity contribution in [3.05, 3.63) is 22.4 Å². The number of aliphatic carboxylic acids is 1. The minimum Gasteiger partial charge on any atom is -0.480 e. The number of carboxylic acid groups (broad SMARTS) is 1. The number of carbonyl (C=O) groups excluding carboxylic acids is 1. The lowest BCUT2D eigenvalue weighted by atomic mass is 10.2. The van der Waals surface area contributed by atoms with Crippen molar-refractivity contribution in [2.24, 2.45) is 0 Å². The number of carbonyl (C=O) groups is 2. The third-order valence-electron chi connectivity index (χ3n) is 3.11. The molecule has 0 spiro atoms. The summed E-state index contributed by atoms with van der Waals surface area (Å²) in [6, 6.07) is 2.82. The van der Waals surface area contributed by atoms with Gasteiger partial charge in [-0.2, -0.15) is 0 Å². The highest BCUT2D eigenvalue weighted by Crippen LogP contribution is 2.21. The van der Waals surface area contributed by atoms with Crippen LogP contribution >= 0.6 is 11.3 Å². The van der Waals surface area contributed by atoms with E-state index in [0.717, 1.165) is 11.3 Å². The van der Waals surface area contributed by atoms with Crippen molar-refractivity contribution < 1.29 is 14.7 Å². The first kappa shape index (κ1) is 12.9. The molecule has 0 aliphatic carbocycles. The topological polar surface area (TPSA) is 69.6 Å². The Morgan fingerprint density at radius 3 is 3.00 bits per heavy atom. The lowest BCUT2D eigenvalue weighted by Gasteiger charge is -2.24. The first-order valence-electron chi connectivity index (χ1n) is 5.93. The monoisotopic (exact) mass is 268 g/mol. The Morgan fingerprint density at radius 1 is 1.61 bits per heavy atom. The lowest BCUT2D eigenvalue weighted by Crippen LogP contribution is -2.46. The van der Waals surface area contributed by atoms with Crippen molar-refractivity contribution in [1.82, 2.24) is 10.2 Å². The predicted octanol–water partition coefficient (Wildman–Crippen LogP) is 2.07. The minimum absolute atomic E-state index is 0.0902. The van der Waals surface area contributed by atoms with E-state index in [1.807, 2.05) is 24.4 Å². The van der Waals surface area contributed by atoms with Crippen molar-refractivity contribution in [3.63, 3.8) is 0 Å². The van der Waals surface area contributed by atoms with Crippen LogP contribution in [-0.2, 0) is 4.79 Å². The maximum Gasteiger partial charge on any atom is 0.326 e. The largest absolute Gasteiger partial charge is 0.480 e. The summed E-state index contributed by atoms with van der Waals surface area (Å²) in [6.07, 6.45) is 1.29. The van der Waals surface area contributed by atoms with Gasteiger partial charge in [0.2, 0.25) is 0 Å². The Labute approximate surface area is 109 Å². The third kappa shape index (κ3) is 2.64. The fourth-order valence-electron chi connectivity index (χ4n) is 2.14. The van der Waals surface area contributed by atoms with E-state index >= 15 is 0 Å². The van der Waals surface area contributed by atoms with E-state index < -0.39 is 12.0 Å². The van der Waals surface area contributed by atoms with Crippen LogP contribution in [0.15, 0.2) is 17.5 Å². The number of likely N-dealkylation sites (tertiary alicyclic amines) is 1. The fourth-order valence-corrected chi connectivity index (χ4v) is 2.88. The molecule has 18 heavy (non-hydrogen) atoms. The standard InChI is InChI=1S/C12H16N2O3S/c1-8(10-5-3-7-18-10)13-12(17)14-6-2-4-9(14)11(15)16/h3,5,7-9H,2,4,6H2,1H3,(H,13,17)(H,15,16)/t8?,9-/m0/s1. The summed E-state index contributed by atoms with van der Waals surface area (Å²) in [4.78, 5) is 25.5. The van der Waals surface area contributed by atoms with E-state index in [4.69, 9.17) is 5.11 Å². The van der Waals surface area contributed by atoms with Crippen LogP contribution in [0, 0.1) is 0 Å². The molecule has 0 bridgehead atoms. The highest BCUT2D eigenvalue weighted by atomic mass is 32.1. The Balaban J connectivity index is 1.97. The molecule has 1 unspecified atom stereocenters. The van der Waals surface area contributed by atoms with E-state index in [-0.39, 0.29) is 12.1 Å². The van der Waals surface area contributed by atoms with Crippen molar-refractivity contribution in [2.75, 3.05) is 6.54 Å². The van der Waals surface area contributed by atoms with E-state index in [0.29, 0.717) is 13.0 Å². The number of rotatable bonds is 3. The first-order chi connectivity index (χ1) is 8.59. The summed E-state index contributed by atoms with van der Waals surface area (Å²) in [5.74, 6) is -0.925. The number of nitrogens with zero attached hydrogens (tertiary/aromatic N) is 1. The average Bonchev–Trinajstić information content (AvgIpc) is 3.00. The summed E-state index contributed by atoms with van der Waals surface area (Å²) in [5, 5.41) is 13.8. The molecule has 2 N–H and O–H groups in total. The van der Waals surface area contributed by atoms with Gasteiger partial charge >= 0.3 is 12.0 Å². The molecule has 0 aromatic carbocycles. The van der Waals surface area contributed by atoms with Gasteiger partial charge in [-0.3, -0.25) is 0 Å². The smallest absolute Gasteiger partial charge is 0.326 e. The molecular weight excluding hydrogens is 252 g/mol. The first-order valence-corrected chi connectivity index (χ1v) is 6.81. The van der Waals surface area contributed by atoms with Gasteiger partial charge in [-0.25, -0.2) is 9.59 Å². The molecule has 0 radical (unpaired) electrons. The summed E-state index contributed by atoms with van der Waals surface area (Å²) >= 11 is 1.57. The molecule has 2 amide bonds. The Morgan fingerprint density at radius 2 is 2.39 bits per heavy atom. The van der Waals surface area contributed by atoms with Gasteiger partial charge in [0.15, 0.2) is 0 Å². The van der Waals surface area contributed by atoms with Crippen LogP contribution < -0.4 is 5.32 Å². The number of hydrogen-bond donors (Lipinski definition) is 2. The molecule has 1 aliphatic rings. The number of thiophene rings is 1. The van der Waals surface area contributed by atoms with Crippen LogP contribution in [0.2, 0.25) is 0 Å². The number of nitrogens with one attached hydrogen (secondary N) is 1. The van der Waals surface area contributed by atoms with Gasteiger partial charge in [-0.05, 0) is 31.2 Å². The number of urea groups is 1. The second kappa shape index (κ2) is 5.39. The molecule has 1 aromatic rings. The molecule has 2 rings (SSSR count). The average molecular weight is 268 g/mol. The van der Waals surface area contributed by atoms with E-state index in [2.05, 4.69) is 5.32 Å². The van der Waals surface area contributed by atoms with Gasteiger partial charge < -0.3 is 15.3 Å². The molecule has 6 heteroatoms. The van der Waals surface area contributed by atoms with Crippen LogP contribution in [0.1, 0.15) is 30.7 Å². The van der Waals surface area contributed by atoms with E-state index in [1.54, 1.807) is 11.3 Å². The van der Waals surface area contributed by atoms with Gasteiger partial charge in [0.1, 0.15) is 6.04 Å². The molecule has 1 aliphatic heterocycles. The van der Waals surface area contributed by atoms with Crippen molar-refractivity contribution >= 4 is 23.3 Å². The molecule has 1 fully saturated rings. The highest BCUT2D eigenvalue weighted by molar-refractivity contribution is 7.10. The van der Waals surface area contributed by atoms with Gasteiger partial charge in [0.25, 0.3) is 0 Å². The Kier molecular flexibility index (Phi) is 3.86. The van der Waals surface area contributed by atoms with Crippen LogP contribution in [0.3, 0.4) is 0 Å². The van der Waals surface area contributed by atoms with Crippen LogP contribution in [0.25, 0.3) is 0 Å². The van der Waals surface area contributed by atoms with Crippen molar-refractivity contribution in [1.29, 1.82) is 0 Å². The molecule has 5 nitrogen and oxygen atoms in total. The second-order valence-electron chi connectivity index (χ2n) is 4.38. The molecule has 1 saturated heterocycles. The summed E-state index contributed by atoms with van der Waals surface area (Å²) in [6.45, 7) is 2.41.